The minimum atomic E-state index is -0.975. The molecule has 0 bridgehead atoms. The molecule has 0 radical (unpaired) electrons. The Morgan fingerprint density at radius 2 is 2.00 bits per heavy atom. The Morgan fingerprint density at radius 1 is 1.32 bits per heavy atom. The van der Waals surface area contributed by atoms with Gasteiger partial charge in [0.1, 0.15) is 0 Å². The summed E-state index contributed by atoms with van der Waals surface area (Å²) in [5.41, 5.74) is 0.363. The van der Waals surface area contributed by atoms with Crippen molar-refractivity contribution in [1.29, 1.82) is 0 Å². The molecule has 0 spiro atoms. The number of carbonyl (C=O) groups excluding carboxylic acids is 2. The Labute approximate surface area is 118 Å². The molecule has 0 saturated carbocycles. The fourth-order valence-corrected chi connectivity index (χ4v) is 2.48. The lowest BCUT2D eigenvalue weighted by Crippen LogP contribution is -2.46. The highest BCUT2D eigenvalue weighted by Crippen LogP contribution is 2.23. The van der Waals surface area contributed by atoms with Crippen molar-refractivity contribution < 1.29 is 19.5 Å². The predicted octanol–water partition coefficient (Wildman–Crippen LogP) is 1.91. The van der Waals surface area contributed by atoms with Gasteiger partial charge in [0.25, 0.3) is 5.91 Å². The first-order chi connectivity index (χ1) is 9.00. The SMILES string of the molecule is O=C(O)C1CCC(=O)N(C(=O)c2ccccc2Br)C1. The van der Waals surface area contributed by atoms with Gasteiger partial charge < -0.3 is 5.11 Å². The standard InChI is InChI=1S/C13H12BrNO4/c14-10-4-2-1-3-9(10)12(17)15-7-8(13(18)19)5-6-11(15)16/h1-4,8H,5-7H2,(H,18,19). The molecule has 1 fully saturated rings. The maximum atomic E-state index is 12.3. The van der Waals surface area contributed by atoms with Gasteiger partial charge in [-0.1, -0.05) is 12.1 Å². The first kappa shape index (κ1) is 13.7. The van der Waals surface area contributed by atoms with Crippen molar-refractivity contribution in [3.63, 3.8) is 0 Å². The number of carboxylic acids is 1. The number of halogens is 1. The normalized spacial score (nSPS) is 19.3. The molecule has 2 rings (SSSR count). The number of carbonyl (C=O) groups is 3. The quantitative estimate of drug-likeness (QED) is 0.843. The highest BCUT2D eigenvalue weighted by molar-refractivity contribution is 9.10. The molecule has 1 aromatic rings. The molecule has 1 N–H and O–H groups in total. The molecule has 0 aromatic heterocycles. The third-order valence-corrected chi connectivity index (χ3v) is 3.80. The van der Waals surface area contributed by atoms with E-state index in [1.807, 2.05) is 0 Å². The van der Waals surface area contributed by atoms with E-state index in [9.17, 15) is 14.4 Å². The van der Waals surface area contributed by atoms with Crippen LogP contribution in [0.1, 0.15) is 23.2 Å². The predicted molar refractivity (Wildman–Crippen MR) is 70.5 cm³/mol. The van der Waals surface area contributed by atoms with Crippen LogP contribution in [0.2, 0.25) is 0 Å². The molecule has 5 nitrogen and oxygen atoms in total. The molecular formula is C13H12BrNO4. The Morgan fingerprint density at radius 3 is 2.63 bits per heavy atom. The summed E-state index contributed by atoms with van der Waals surface area (Å²) in [5, 5.41) is 8.99. The van der Waals surface area contributed by atoms with Crippen molar-refractivity contribution in [2.24, 2.45) is 5.92 Å². The van der Waals surface area contributed by atoms with Gasteiger partial charge in [-0.15, -0.1) is 0 Å². The Balaban J connectivity index is 2.24. The van der Waals surface area contributed by atoms with Gasteiger partial charge in [-0.3, -0.25) is 19.3 Å². The van der Waals surface area contributed by atoms with E-state index in [4.69, 9.17) is 5.11 Å². The summed E-state index contributed by atoms with van der Waals surface area (Å²) >= 11 is 3.25. The van der Waals surface area contributed by atoms with Crippen molar-refractivity contribution in [2.75, 3.05) is 6.54 Å². The minimum Gasteiger partial charge on any atom is -0.481 e. The molecule has 1 unspecified atom stereocenters. The number of aliphatic carboxylic acids is 1. The topological polar surface area (TPSA) is 74.7 Å². The monoisotopic (exact) mass is 325 g/mol. The van der Waals surface area contributed by atoms with Crippen molar-refractivity contribution in [2.45, 2.75) is 12.8 Å². The van der Waals surface area contributed by atoms with Crippen LogP contribution in [0.5, 0.6) is 0 Å². The van der Waals surface area contributed by atoms with Gasteiger partial charge in [-0.2, -0.15) is 0 Å². The molecule has 1 heterocycles. The second kappa shape index (κ2) is 5.52. The van der Waals surface area contributed by atoms with E-state index in [1.165, 1.54) is 0 Å². The van der Waals surface area contributed by atoms with Crippen LogP contribution in [0.3, 0.4) is 0 Å². The first-order valence-corrected chi connectivity index (χ1v) is 6.62. The van der Waals surface area contributed by atoms with Crippen LogP contribution in [0.4, 0.5) is 0 Å². The largest absolute Gasteiger partial charge is 0.481 e. The lowest BCUT2D eigenvalue weighted by atomic mass is 9.97. The molecule has 1 aliphatic rings. The zero-order valence-electron chi connectivity index (χ0n) is 10.0. The molecule has 1 aromatic carbocycles. The van der Waals surface area contributed by atoms with E-state index in [1.54, 1.807) is 24.3 Å². The number of piperidine rings is 1. The molecule has 1 saturated heterocycles. The van der Waals surface area contributed by atoms with E-state index in [2.05, 4.69) is 15.9 Å². The molecule has 6 heteroatoms. The maximum Gasteiger partial charge on any atom is 0.308 e. The van der Waals surface area contributed by atoms with E-state index < -0.39 is 17.8 Å². The second-order valence-electron chi connectivity index (χ2n) is 4.36. The van der Waals surface area contributed by atoms with Gasteiger partial charge in [-0.05, 0) is 34.5 Å². The van der Waals surface area contributed by atoms with Gasteiger partial charge in [0.2, 0.25) is 5.91 Å². The van der Waals surface area contributed by atoms with Crippen molar-refractivity contribution in [3.8, 4) is 0 Å². The maximum absolute atomic E-state index is 12.3. The zero-order chi connectivity index (χ0) is 14.0. The summed E-state index contributed by atoms with van der Waals surface area (Å²) in [6.45, 7) is -0.0612. The minimum absolute atomic E-state index is 0.0612. The van der Waals surface area contributed by atoms with Gasteiger partial charge in [-0.25, -0.2) is 0 Å². The fraction of sp³-hybridized carbons (Fsp3) is 0.308. The number of hydrogen-bond acceptors (Lipinski definition) is 3. The molecule has 100 valence electrons. The molecule has 0 aliphatic carbocycles. The number of imide groups is 1. The number of rotatable bonds is 2. The summed E-state index contributed by atoms with van der Waals surface area (Å²) < 4.78 is 0.588. The van der Waals surface area contributed by atoms with Crippen LogP contribution in [0.25, 0.3) is 0 Å². The number of carboxylic acid groups (broad SMARTS) is 1. The smallest absolute Gasteiger partial charge is 0.308 e. The number of benzene rings is 1. The fourth-order valence-electron chi connectivity index (χ4n) is 2.02. The second-order valence-corrected chi connectivity index (χ2v) is 5.22. The number of hydrogen-bond donors (Lipinski definition) is 1. The number of nitrogens with zero attached hydrogens (tertiary/aromatic N) is 1. The number of amides is 2. The first-order valence-electron chi connectivity index (χ1n) is 5.82. The van der Waals surface area contributed by atoms with Crippen molar-refractivity contribution in [1.82, 2.24) is 4.90 Å². The van der Waals surface area contributed by atoms with Crippen LogP contribution in [-0.2, 0) is 9.59 Å². The Hall–Kier alpha value is -1.69. The van der Waals surface area contributed by atoms with Crippen molar-refractivity contribution in [3.05, 3.63) is 34.3 Å². The molecule has 1 atom stereocenters. The lowest BCUT2D eigenvalue weighted by Gasteiger charge is -2.29. The van der Waals surface area contributed by atoms with E-state index in [0.717, 1.165) is 4.90 Å². The van der Waals surface area contributed by atoms with Gasteiger partial charge in [0.05, 0.1) is 11.5 Å². The van der Waals surface area contributed by atoms with E-state index >= 15 is 0 Å². The third-order valence-electron chi connectivity index (χ3n) is 3.11. The average molecular weight is 326 g/mol. The van der Waals surface area contributed by atoms with Crippen molar-refractivity contribution >= 4 is 33.7 Å². The lowest BCUT2D eigenvalue weighted by molar-refractivity contribution is -0.145. The zero-order valence-corrected chi connectivity index (χ0v) is 11.6. The van der Waals surface area contributed by atoms with E-state index in [0.29, 0.717) is 10.0 Å². The summed E-state index contributed by atoms with van der Waals surface area (Å²) in [6, 6.07) is 6.76. The van der Waals surface area contributed by atoms with Crippen LogP contribution >= 0.6 is 15.9 Å². The third kappa shape index (κ3) is 2.84. The summed E-state index contributed by atoms with van der Waals surface area (Å²) in [7, 11) is 0. The van der Waals surface area contributed by atoms with E-state index in [-0.39, 0.29) is 25.3 Å². The Kier molecular flexibility index (Phi) is 3.99. The average Bonchev–Trinajstić information content (AvgIpc) is 2.38. The molecule has 1 aliphatic heterocycles. The van der Waals surface area contributed by atoms with Gasteiger partial charge >= 0.3 is 5.97 Å². The van der Waals surface area contributed by atoms with Crippen LogP contribution in [0, 0.1) is 5.92 Å². The van der Waals surface area contributed by atoms with Crippen LogP contribution < -0.4 is 0 Å². The molecule has 2 amide bonds. The highest BCUT2D eigenvalue weighted by atomic mass is 79.9. The summed E-state index contributed by atoms with van der Waals surface area (Å²) in [6.07, 6.45) is 0.376. The number of likely N-dealkylation sites (tertiary alicyclic amines) is 1. The van der Waals surface area contributed by atoms with Gasteiger partial charge in [0.15, 0.2) is 0 Å². The molecular weight excluding hydrogens is 314 g/mol. The summed E-state index contributed by atoms with van der Waals surface area (Å²) in [4.78, 5) is 36.1. The Bertz CT molecular complexity index is 543. The van der Waals surface area contributed by atoms with Crippen LogP contribution in [0.15, 0.2) is 28.7 Å². The highest BCUT2D eigenvalue weighted by Gasteiger charge is 2.34. The van der Waals surface area contributed by atoms with Crippen LogP contribution in [-0.4, -0.2) is 34.3 Å². The van der Waals surface area contributed by atoms with Gasteiger partial charge in [0, 0.05) is 17.4 Å². The summed E-state index contributed by atoms with van der Waals surface area (Å²) in [5.74, 6) is -2.43. The molecule has 19 heavy (non-hydrogen) atoms.